The van der Waals surface area contributed by atoms with E-state index in [9.17, 15) is 13.2 Å². The minimum Gasteiger partial charge on any atom is -0.463 e. The second-order valence-corrected chi connectivity index (χ2v) is 13.0. The number of carbonyl (C=O) groups excluding carboxylic acids is 1. The van der Waals surface area contributed by atoms with Crippen molar-refractivity contribution in [1.82, 2.24) is 0 Å². The number of allylic oxidation sites excluding steroid dienone is 8. The molecule has 0 radical (unpaired) electrons. The topological polar surface area (TPSA) is 60.4 Å². The number of hydrogen-bond acceptors (Lipinski definition) is 4. The van der Waals surface area contributed by atoms with Crippen LogP contribution in [0.2, 0.25) is 0 Å². The first-order valence-corrected chi connectivity index (χ1v) is 15.7. The molecule has 1 atom stereocenters. The van der Waals surface area contributed by atoms with E-state index in [1.807, 2.05) is 32.1 Å². The van der Waals surface area contributed by atoms with E-state index in [0.29, 0.717) is 10.5 Å². The van der Waals surface area contributed by atoms with Crippen LogP contribution < -0.4 is 0 Å². The van der Waals surface area contributed by atoms with Gasteiger partial charge in [-0.3, -0.25) is 0 Å². The van der Waals surface area contributed by atoms with Crippen molar-refractivity contribution in [2.45, 2.75) is 110 Å². The van der Waals surface area contributed by atoms with Gasteiger partial charge in [-0.1, -0.05) is 69.9 Å². The number of rotatable bonds is 16. The first kappa shape index (κ1) is 34.4. The Kier molecular flexibility index (Phi) is 15.7. The predicted molar refractivity (Wildman–Crippen MR) is 166 cm³/mol. The van der Waals surface area contributed by atoms with Crippen LogP contribution in [0.1, 0.15) is 99.0 Å². The summed E-state index contributed by atoms with van der Waals surface area (Å²) in [5.74, 6) is -0.444. The lowest BCUT2D eigenvalue weighted by Crippen LogP contribution is -2.21. The van der Waals surface area contributed by atoms with Crippen molar-refractivity contribution in [3.63, 3.8) is 0 Å². The second kappa shape index (κ2) is 17.8. The SMILES string of the molecule is CCOC(=O)/C=C(\C)CC(/C=C(\C)CC/C=C(\C)CC/C=C(\C)CCC=C(C)C)S(=O)(=O)c1ccc(C)cc1. The third-order valence-corrected chi connectivity index (χ3v) is 8.58. The summed E-state index contributed by atoms with van der Waals surface area (Å²) in [7, 11) is -3.62. The van der Waals surface area contributed by atoms with Crippen molar-refractivity contribution >= 4 is 15.8 Å². The van der Waals surface area contributed by atoms with Gasteiger partial charge in [0.05, 0.1) is 16.8 Å². The molecule has 39 heavy (non-hydrogen) atoms. The highest BCUT2D eigenvalue weighted by atomic mass is 32.2. The number of carbonyl (C=O) groups is 1. The maximum Gasteiger partial charge on any atom is 0.330 e. The Balaban J connectivity index is 2.92. The van der Waals surface area contributed by atoms with Gasteiger partial charge in [0.15, 0.2) is 9.84 Å². The van der Waals surface area contributed by atoms with Gasteiger partial charge in [0.25, 0.3) is 0 Å². The van der Waals surface area contributed by atoms with E-state index >= 15 is 0 Å². The van der Waals surface area contributed by atoms with E-state index in [2.05, 4.69) is 45.9 Å². The Hall–Kier alpha value is -2.66. The monoisotopic (exact) mass is 554 g/mol. The van der Waals surface area contributed by atoms with E-state index in [0.717, 1.165) is 49.7 Å². The molecule has 5 heteroatoms. The van der Waals surface area contributed by atoms with Gasteiger partial charge in [-0.25, -0.2) is 13.2 Å². The van der Waals surface area contributed by atoms with Gasteiger partial charge in [-0.15, -0.1) is 0 Å². The van der Waals surface area contributed by atoms with Crippen molar-refractivity contribution < 1.29 is 17.9 Å². The summed E-state index contributed by atoms with van der Waals surface area (Å²) in [4.78, 5) is 12.2. The van der Waals surface area contributed by atoms with Gasteiger partial charge >= 0.3 is 5.97 Å². The molecule has 4 nitrogen and oxygen atoms in total. The van der Waals surface area contributed by atoms with Gasteiger partial charge in [-0.2, -0.15) is 0 Å². The summed E-state index contributed by atoms with van der Waals surface area (Å²) < 4.78 is 32.2. The summed E-state index contributed by atoms with van der Waals surface area (Å²) >= 11 is 0. The second-order valence-electron chi connectivity index (χ2n) is 10.9. The summed E-state index contributed by atoms with van der Waals surface area (Å²) in [5.41, 5.74) is 6.87. The lowest BCUT2D eigenvalue weighted by atomic mass is 10.0. The highest BCUT2D eigenvalue weighted by molar-refractivity contribution is 7.92. The fraction of sp³-hybridized carbons (Fsp3) is 0.500. The lowest BCUT2D eigenvalue weighted by Gasteiger charge is -2.16. The van der Waals surface area contributed by atoms with Crippen molar-refractivity contribution in [3.8, 4) is 0 Å². The van der Waals surface area contributed by atoms with Crippen molar-refractivity contribution in [2.75, 3.05) is 6.61 Å². The van der Waals surface area contributed by atoms with E-state index in [-0.39, 0.29) is 13.0 Å². The molecule has 0 fully saturated rings. The quantitative estimate of drug-likeness (QED) is 0.116. The Morgan fingerprint density at radius 2 is 1.31 bits per heavy atom. The molecule has 0 saturated heterocycles. The normalized spacial score (nSPS) is 14.3. The Labute approximate surface area is 238 Å². The van der Waals surface area contributed by atoms with Crippen LogP contribution in [0.25, 0.3) is 0 Å². The van der Waals surface area contributed by atoms with E-state index in [1.165, 1.54) is 22.8 Å². The zero-order chi connectivity index (χ0) is 29.4. The maximum atomic E-state index is 13.6. The lowest BCUT2D eigenvalue weighted by molar-refractivity contribution is -0.137. The summed E-state index contributed by atoms with van der Waals surface area (Å²) in [6.45, 7) is 16.4. The van der Waals surface area contributed by atoms with E-state index < -0.39 is 21.1 Å². The zero-order valence-electron chi connectivity index (χ0n) is 25.5. The van der Waals surface area contributed by atoms with Gasteiger partial charge in [0, 0.05) is 6.08 Å². The third kappa shape index (κ3) is 14.3. The molecule has 1 aromatic carbocycles. The fourth-order valence-corrected chi connectivity index (χ4v) is 5.97. The van der Waals surface area contributed by atoms with Crippen LogP contribution in [0.3, 0.4) is 0 Å². The van der Waals surface area contributed by atoms with Crippen LogP contribution >= 0.6 is 0 Å². The molecule has 1 rings (SSSR count). The van der Waals surface area contributed by atoms with E-state index in [4.69, 9.17) is 4.74 Å². The number of sulfone groups is 1. The minimum absolute atomic E-state index is 0.237. The molecule has 0 amide bonds. The molecule has 0 spiro atoms. The first-order chi connectivity index (χ1) is 18.3. The molecule has 216 valence electrons. The molecule has 1 aromatic rings. The smallest absolute Gasteiger partial charge is 0.330 e. The van der Waals surface area contributed by atoms with Crippen molar-refractivity contribution in [2.24, 2.45) is 0 Å². The van der Waals surface area contributed by atoms with Crippen LogP contribution in [-0.4, -0.2) is 26.2 Å². The number of benzene rings is 1. The van der Waals surface area contributed by atoms with Crippen LogP contribution in [0.15, 0.2) is 87.4 Å². The molecule has 0 bridgehead atoms. The molecule has 0 saturated carbocycles. The minimum atomic E-state index is -3.62. The molecule has 0 aliphatic heterocycles. The molecule has 0 aliphatic carbocycles. The summed E-state index contributed by atoms with van der Waals surface area (Å²) in [5, 5.41) is -0.754. The van der Waals surface area contributed by atoms with Gasteiger partial charge in [-0.05, 0) is 112 Å². The van der Waals surface area contributed by atoms with Gasteiger partial charge in [0.2, 0.25) is 0 Å². The maximum absolute atomic E-state index is 13.6. The highest BCUT2D eigenvalue weighted by Crippen LogP contribution is 2.25. The summed E-state index contributed by atoms with van der Waals surface area (Å²) in [6.07, 6.45) is 16.3. The third-order valence-electron chi connectivity index (χ3n) is 6.55. The molecular formula is C34H50O4S. The Morgan fingerprint density at radius 1 is 0.795 bits per heavy atom. The van der Waals surface area contributed by atoms with Crippen LogP contribution in [-0.2, 0) is 19.4 Å². The number of hydrogen-bond donors (Lipinski definition) is 0. The number of ether oxygens (including phenoxy) is 1. The predicted octanol–water partition coefficient (Wildman–Crippen LogP) is 9.18. The van der Waals surface area contributed by atoms with Crippen molar-refractivity contribution in [1.29, 1.82) is 0 Å². The Morgan fingerprint density at radius 3 is 1.82 bits per heavy atom. The van der Waals surface area contributed by atoms with Crippen LogP contribution in [0.5, 0.6) is 0 Å². The molecule has 0 aromatic heterocycles. The molecular weight excluding hydrogens is 504 g/mol. The number of esters is 1. The van der Waals surface area contributed by atoms with Crippen LogP contribution in [0.4, 0.5) is 0 Å². The molecule has 0 aliphatic rings. The molecule has 0 N–H and O–H groups in total. The fourth-order valence-electron chi connectivity index (χ4n) is 4.21. The van der Waals surface area contributed by atoms with Gasteiger partial charge < -0.3 is 4.74 Å². The molecule has 1 unspecified atom stereocenters. The molecule has 0 heterocycles. The average molecular weight is 555 g/mol. The van der Waals surface area contributed by atoms with Crippen LogP contribution in [0, 0.1) is 6.92 Å². The van der Waals surface area contributed by atoms with Crippen molar-refractivity contribution in [3.05, 3.63) is 88.1 Å². The summed E-state index contributed by atoms with van der Waals surface area (Å²) in [6, 6.07) is 6.95. The highest BCUT2D eigenvalue weighted by Gasteiger charge is 2.26. The first-order valence-electron chi connectivity index (χ1n) is 14.1. The number of aryl methyl sites for hydroxylation is 1. The van der Waals surface area contributed by atoms with E-state index in [1.54, 1.807) is 26.0 Å². The zero-order valence-corrected chi connectivity index (χ0v) is 26.3. The van der Waals surface area contributed by atoms with Gasteiger partial charge in [0.1, 0.15) is 0 Å². The largest absolute Gasteiger partial charge is 0.463 e. The standard InChI is InChI=1S/C34H50O4S/c1-9-38-34(35)25-31(8)24-33(39(36,37)32-21-19-29(6)20-22-32)23-30(7)18-12-17-28(5)16-11-15-27(4)14-10-13-26(2)3/h13,15,17,19-23,25,33H,9-12,14,16,18,24H2,1-8H3/b27-15+,28-17+,30-23+,31-25+. The Bertz CT molecular complexity index is 1170. The average Bonchev–Trinajstić information content (AvgIpc) is 2.83.